The molecule has 0 amide bonds. The molecule has 0 aliphatic heterocycles. The van der Waals surface area contributed by atoms with Gasteiger partial charge in [0.15, 0.2) is 0 Å². The molecule has 0 N–H and O–H groups in total. The molecule has 0 spiro atoms. The average Bonchev–Trinajstić information content (AvgIpc) is 2.72. The van der Waals surface area contributed by atoms with Crippen LogP contribution in [0.4, 0.5) is 0 Å². The summed E-state index contributed by atoms with van der Waals surface area (Å²) in [5, 5.41) is 8.09. The highest BCUT2D eigenvalue weighted by Crippen LogP contribution is 2.13. The summed E-state index contributed by atoms with van der Waals surface area (Å²) >= 11 is 0. The van der Waals surface area contributed by atoms with E-state index in [-0.39, 0.29) is 0 Å². The van der Waals surface area contributed by atoms with E-state index in [4.69, 9.17) is 0 Å². The first-order valence-corrected chi connectivity index (χ1v) is 6.65. The molecule has 1 heterocycles. The molecule has 0 aromatic carbocycles. The van der Waals surface area contributed by atoms with E-state index in [0.717, 1.165) is 25.3 Å². The van der Waals surface area contributed by atoms with Crippen LogP contribution in [0.3, 0.4) is 0 Å². The number of aromatic nitrogens is 3. The molecule has 92 valence electrons. The van der Waals surface area contributed by atoms with Crippen LogP contribution in [-0.2, 0) is 13.0 Å². The van der Waals surface area contributed by atoms with E-state index in [1.165, 1.54) is 31.4 Å². The smallest absolute Gasteiger partial charge is 0.0725 e. The van der Waals surface area contributed by atoms with Gasteiger partial charge in [0, 0.05) is 6.54 Å². The molecular formula is C13H25N3. The van der Waals surface area contributed by atoms with Crippen LogP contribution < -0.4 is 0 Å². The molecule has 1 aromatic heterocycles. The summed E-state index contributed by atoms with van der Waals surface area (Å²) in [7, 11) is 0. The van der Waals surface area contributed by atoms with E-state index in [1.807, 2.05) is 10.9 Å². The van der Waals surface area contributed by atoms with Crippen molar-refractivity contribution in [2.45, 2.75) is 65.8 Å². The summed E-state index contributed by atoms with van der Waals surface area (Å²) < 4.78 is 2.04. The Balaban J connectivity index is 2.23. The molecule has 1 rings (SSSR count). The topological polar surface area (TPSA) is 30.7 Å². The van der Waals surface area contributed by atoms with Gasteiger partial charge in [-0.25, -0.2) is 4.68 Å². The molecule has 0 radical (unpaired) electrons. The van der Waals surface area contributed by atoms with Gasteiger partial charge in [-0.05, 0) is 25.2 Å². The maximum Gasteiger partial charge on any atom is 0.0725 e. The normalized spacial score (nSPS) is 12.9. The molecule has 3 nitrogen and oxygen atoms in total. The van der Waals surface area contributed by atoms with Gasteiger partial charge in [-0.3, -0.25) is 0 Å². The lowest BCUT2D eigenvalue weighted by Gasteiger charge is -2.08. The van der Waals surface area contributed by atoms with Crippen molar-refractivity contribution < 1.29 is 0 Å². The van der Waals surface area contributed by atoms with Gasteiger partial charge in [0.1, 0.15) is 0 Å². The van der Waals surface area contributed by atoms with Crippen LogP contribution in [0.5, 0.6) is 0 Å². The number of nitrogens with zero attached hydrogens (tertiary/aromatic N) is 3. The molecule has 1 unspecified atom stereocenters. The summed E-state index contributed by atoms with van der Waals surface area (Å²) in [6, 6.07) is 0. The first-order chi connectivity index (χ1) is 7.77. The predicted molar refractivity (Wildman–Crippen MR) is 67.3 cm³/mol. The minimum Gasteiger partial charge on any atom is -0.249 e. The number of hydrogen-bond donors (Lipinski definition) is 0. The first-order valence-electron chi connectivity index (χ1n) is 6.65. The molecule has 0 saturated heterocycles. The molecular weight excluding hydrogens is 198 g/mol. The van der Waals surface area contributed by atoms with Crippen LogP contribution in [0.25, 0.3) is 0 Å². The van der Waals surface area contributed by atoms with Crippen molar-refractivity contribution in [3.05, 3.63) is 11.9 Å². The van der Waals surface area contributed by atoms with Gasteiger partial charge in [-0.15, -0.1) is 5.10 Å². The molecule has 0 aliphatic carbocycles. The van der Waals surface area contributed by atoms with Crippen molar-refractivity contribution in [2.75, 3.05) is 0 Å². The number of hydrogen-bond acceptors (Lipinski definition) is 2. The largest absolute Gasteiger partial charge is 0.249 e. The summed E-state index contributed by atoms with van der Waals surface area (Å²) in [4.78, 5) is 0. The van der Waals surface area contributed by atoms with Crippen molar-refractivity contribution >= 4 is 0 Å². The molecule has 1 aromatic rings. The zero-order valence-electron chi connectivity index (χ0n) is 10.9. The Hall–Kier alpha value is -0.860. The van der Waals surface area contributed by atoms with E-state index < -0.39 is 0 Å². The third-order valence-corrected chi connectivity index (χ3v) is 3.21. The molecule has 0 bridgehead atoms. The number of aryl methyl sites for hydroxylation is 2. The van der Waals surface area contributed by atoms with Crippen LogP contribution in [0.2, 0.25) is 0 Å². The predicted octanol–water partition coefficient (Wildman–Crippen LogP) is 3.45. The van der Waals surface area contributed by atoms with Crippen LogP contribution in [0.15, 0.2) is 6.20 Å². The zero-order valence-corrected chi connectivity index (χ0v) is 10.9. The SMILES string of the molecule is CCCn1nncc1CCCCC(C)CC. The van der Waals surface area contributed by atoms with Crippen molar-refractivity contribution in [3.63, 3.8) is 0 Å². The maximum absolute atomic E-state index is 4.10. The highest BCUT2D eigenvalue weighted by Gasteiger charge is 2.03. The molecule has 0 saturated carbocycles. The fourth-order valence-electron chi connectivity index (χ4n) is 1.88. The fraction of sp³-hybridized carbons (Fsp3) is 0.846. The summed E-state index contributed by atoms with van der Waals surface area (Å²) in [6.45, 7) is 7.78. The van der Waals surface area contributed by atoms with E-state index in [2.05, 4.69) is 31.1 Å². The van der Waals surface area contributed by atoms with Gasteiger partial charge in [0.05, 0.1) is 11.9 Å². The molecule has 0 aliphatic rings. The van der Waals surface area contributed by atoms with Crippen LogP contribution >= 0.6 is 0 Å². The molecule has 16 heavy (non-hydrogen) atoms. The van der Waals surface area contributed by atoms with Gasteiger partial charge in [-0.2, -0.15) is 0 Å². The Bertz CT molecular complexity index is 280. The quantitative estimate of drug-likeness (QED) is 0.632. The Morgan fingerprint density at radius 3 is 2.81 bits per heavy atom. The van der Waals surface area contributed by atoms with E-state index >= 15 is 0 Å². The third-order valence-electron chi connectivity index (χ3n) is 3.21. The highest BCUT2D eigenvalue weighted by molar-refractivity contribution is 4.93. The van der Waals surface area contributed by atoms with Gasteiger partial charge in [0.2, 0.25) is 0 Å². The second kappa shape index (κ2) is 7.42. The van der Waals surface area contributed by atoms with Gasteiger partial charge >= 0.3 is 0 Å². The fourth-order valence-corrected chi connectivity index (χ4v) is 1.88. The summed E-state index contributed by atoms with van der Waals surface area (Å²) in [5.41, 5.74) is 1.30. The Kier molecular flexibility index (Phi) is 6.12. The van der Waals surface area contributed by atoms with Crippen molar-refractivity contribution in [1.82, 2.24) is 15.0 Å². The first kappa shape index (κ1) is 13.2. The highest BCUT2D eigenvalue weighted by atomic mass is 15.4. The third kappa shape index (κ3) is 4.33. The molecule has 0 fully saturated rings. The standard InChI is InChI=1S/C13H25N3/c1-4-10-16-13(11-14-15-16)9-7-6-8-12(3)5-2/h11-12H,4-10H2,1-3H3. The number of rotatable bonds is 8. The molecule has 3 heteroatoms. The number of unbranched alkanes of at least 4 members (excludes halogenated alkanes) is 1. The van der Waals surface area contributed by atoms with Crippen LogP contribution in [-0.4, -0.2) is 15.0 Å². The van der Waals surface area contributed by atoms with Crippen molar-refractivity contribution in [3.8, 4) is 0 Å². The lowest BCUT2D eigenvalue weighted by molar-refractivity contribution is 0.477. The minimum absolute atomic E-state index is 0.874. The second-order valence-electron chi connectivity index (χ2n) is 4.71. The van der Waals surface area contributed by atoms with Crippen molar-refractivity contribution in [2.24, 2.45) is 5.92 Å². The average molecular weight is 223 g/mol. The Morgan fingerprint density at radius 2 is 2.12 bits per heavy atom. The lowest BCUT2D eigenvalue weighted by Crippen LogP contribution is -2.04. The molecule has 1 atom stereocenters. The second-order valence-corrected chi connectivity index (χ2v) is 4.71. The van der Waals surface area contributed by atoms with E-state index in [9.17, 15) is 0 Å². The summed E-state index contributed by atoms with van der Waals surface area (Å²) in [5.74, 6) is 0.874. The van der Waals surface area contributed by atoms with Gasteiger partial charge in [0.25, 0.3) is 0 Å². The van der Waals surface area contributed by atoms with Crippen molar-refractivity contribution in [1.29, 1.82) is 0 Å². The Labute approximate surface area is 99.2 Å². The maximum atomic E-state index is 4.10. The van der Waals surface area contributed by atoms with Crippen LogP contribution in [0.1, 0.15) is 58.6 Å². The lowest BCUT2D eigenvalue weighted by atomic mass is 10.0. The minimum atomic E-state index is 0.874. The van der Waals surface area contributed by atoms with Gasteiger partial charge in [-0.1, -0.05) is 45.2 Å². The monoisotopic (exact) mass is 223 g/mol. The van der Waals surface area contributed by atoms with Gasteiger partial charge < -0.3 is 0 Å². The zero-order chi connectivity index (χ0) is 11.8. The van der Waals surface area contributed by atoms with E-state index in [1.54, 1.807) is 0 Å². The van der Waals surface area contributed by atoms with Crippen LogP contribution in [0, 0.1) is 5.92 Å². The summed E-state index contributed by atoms with van der Waals surface area (Å²) in [6.07, 6.45) is 9.42. The Morgan fingerprint density at radius 1 is 1.31 bits per heavy atom. The van der Waals surface area contributed by atoms with E-state index in [0.29, 0.717) is 0 Å².